The summed E-state index contributed by atoms with van der Waals surface area (Å²) in [5.41, 5.74) is 1.72. The van der Waals surface area contributed by atoms with Crippen LogP contribution in [0.2, 0.25) is 5.02 Å². The van der Waals surface area contributed by atoms with Gasteiger partial charge in [-0.05, 0) is 57.5 Å². The molecule has 0 atom stereocenters. The van der Waals surface area contributed by atoms with Crippen molar-refractivity contribution in [1.82, 2.24) is 10.2 Å². The summed E-state index contributed by atoms with van der Waals surface area (Å²) in [4.78, 5) is 2.39. The Morgan fingerprint density at radius 1 is 1.35 bits per heavy atom. The highest BCUT2D eigenvalue weighted by Crippen LogP contribution is 2.25. The van der Waals surface area contributed by atoms with E-state index in [4.69, 9.17) is 16.9 Å². The topological polar surface area (TPSA) is 39.1 Å². The molecule has 0 unspecified atom stereocenters. The van der Waals surface area contributed by atoms with E-state index in [1.54, 1.807) is 6.07 Å². The molecular weight excluding hydrogens is 270 g/mol. The number of hydrogen-bond acceptors (Lipinski definition) is 3. The van der Waals surface area contributed by atoms with Gasteiger partial charge < -0.3 is 5.32 Å². The molecule has 0 bridgehead atoms. The monoisotopic (exact) mass is 291 g/mol. The predicted molar refractivity (Wildman–Crippen MR) is 82.7 cm³/mol. The minimum atomic E-state index is 0.621. The van der Waals surface area contributed by atoms with Crippen LogP contribution in [0, 0.1) is 11.3 Å². The van der Waals surface area contributed by atoms with Gasteiger partial charge in [-0.2, -0.15) is 5.26 Å². The first-order chi connectivity index (χ1) is 9.63. The summed E-state index contributed by atoms with van der Waals surface area (Å²) in [7, 11) is 4.21. The third kappa shape index (κ3) is 3.73. The zero-order valence-corrected chi connectivity index (χ0v) is 13.0. The first-order valence-electron chi connectivity index (χ1n) is 7.20. The van der Waals surface area contributed by atoms with E-state index in [2.05, 4.69) is 23.3 Å². The first-order valence-corrected chi connectivity index (χ1v) is 7.58. The van der Waals surface area contributed by atoms with Crippen molar-refractivity contribution in [2.45, 2.75) is 44.3 Å². The second-order valence-electron chi connectivity index (χ2n) is 5.63. The average molecular weight is 292 g/mol. The van der Waals surface area contributed by atoms with E-state index in [0.717, 1.165) is 12.1 Å². The van der Waals surface area contributed by atoms with E-state index >= 15 is 0 Å². The number of nitrogens with zero attached hydrogens (tertiary/aromatic N) is 2. The van der Waals surface area contributed by atoms with E-state index in [9.17, 15) is 0 Å². The fourth-order valence-corrected chi connectivity index (χ4v) is 3.19. The average Bonchev–Trinajstić information content (AvgIpc) is 2.49. The van der Waals surface area contributed by atoms with Crippen LogP contribution in [0.5, 0.6) is 0 Å². The van der Waals surface area contributed by atoms with E-state index in [1.807, 2.05) is 19.2 Å². The largest absolute Gasteiger partial charge is 0.317 e. The fraction of sp³-hybridized carbons (Fsp3) is 0.562. The number of nitrogens with one attached hydrogen (secondary N) is 1. The van der Waals surface area contributed by atoms with Gasteiger partial charge in [-0.3, -0.25) is 4.90 Å². The molecule has 1 aromatic carbocycles. The van der Waals surface area contributed by atoms with Crippen molar-refractivity contribution in [2.75, 3.05) is 14.1 Å². The summed E-state index contributed by atoms with van der Waals surface area (Å²) >= 11 is 6.25. The molecule has 1 saturated carbocycles. The lowest BCUT2D eigenvalue weighted by Gasteiger charge is -2.34. The molecule has 0 heterocycles. The van der Waals surface area contributed by atoms with Gasteiger partial charge in [0.25, 0.3) is 0 Å². The summed E-state index contributed by atoms with van der Waals surface area (Å²) in [6.07, 6.45) is 4.95. The maximum atomic E-state index is 8.86. The molecule has 1 aliphatic rings. The molecule has 0 radical (unpaired) electrons. The van der Waals surface area contributed by atoms with Gasteiger partial charge in [0.1, 0.15) is 0 Å². The Labute approximate surface area is 126 Å². The Morgan fingerprint density at radius 3 is 2.60 bits per heavy atom. The van der Waals surface area contributed by atoms with Crippen LogP contribution >= 0.6 is 11.6 Å². The van der Waals surface area contributed by atoms with E-state index in [-0.39, 0.29) is 0 Å². The zero-order valence-electron chi connectivity index (χ0n) is 12.2. The third-order valence-corrected chi connectivity index (χ3v) is 4.68. The maximum Gasteiger partial charge on any atom is 0.0992 e. The Bertz CT molecular complexity index is 487. The van der Waals surface area contributed by atoms with Crippen molar-refractivity contribution in [1.29, 1.82) is 5.26 Å². The van der Waals surface area contributed by atoms with Crippen LogP contribution in [0.1, 0.15) is 36.8 Å². The molecule has 1 aromatic rings. The summed E-state index contributed by atoms with van der Waals surface area (Å²) in [5.74, 6) is 0. The lowest BCUT2D eigenvalue weighted by Crippen LogP contribution is -2.39. The van der Waals surface area contributed by atoms with Gasteiger partial charge in [-0.1, -0.05) is 17.7 Å². The number of rotatable bonds is 4. The summed E-state index contributed by atoms with van der Waals surface area (Å²) in [5, 5.41) is 12.9. The molecule has 0 saturated heterocycles. The van der Waals surface area contributed by atoms with Crippen LogP contribution in [-0.4, -0.2) is 31.1 Å². The minimum Gasteiger partial charge on any atom is -0.317 e. The summed E-state index contributed by atoms with van der Waals surface area (Å²) in [6, 6.07) is 8.99. The Balaban J connectivity index is 1.95. The Kier molecular flexibility index (Phi) is 5.42. The van der Waals surface area contributed by atoms with Crippen LogP contribution in [0.3, 0.4) is 0 Å². The van der Waals surface area contributed by atoms with Crippen molar-refractivity contribution in [3.8, 4) is 6.07 Å². The van der Waals surface area contributed by atoms with Gasteiger partial charge in [0, 0.05) is 23.7 Å². The highest BCUT2D eigenvalue weighted by atomic mass is 35.5. The van der Waals surface area contributed by atoms with E-state index < -0.39 is 0 Å². The summed E-state index contributed by atoms with van der Waals surface area (Å²) < 4.78 is 0. The van der Waals surface area contributed by atoms with Crippen LogP contribution in [0.15, 0.2) is 18.2 Å². The molecule has 108 valence electrons. The molecule has 2 rings (SSSR count). The molecule has 0 aliphatic heterocycles. The Morgan fingerprint density at radius 2 is 2.05 bits per heavy atom. The number of benzene rings is 1. The smallest absolute Gasteiger partial charge is 0.0992 e. The molecule has 0 amide bonds. The van der Waals surface area contributed by atoms with Crippen LogP contribution in [0.25, 0.3) is 0 Å². The van der Waals surface area contributed by atoms with Gasteiger partial charge in [0.05, 0.1) is 11.6 Å². The normalized spacial score (nSPS) is 22.8. The highest BCUT2D eigenvalue weighted by molar-refractivity contribution is 6.31. The minimum absolute atomic E-state index is 0.621. The second kappa shape index (κ2) is 7.08. The molecule has 20 heavy (non-hydrogen) atoms. The molecule has 1 N–H and O–H groups in total. The van der Waals surface area contributed by atoms with Gasteiger partial charge in [-0.15, -0.1) is 0 Å². The molecule has 3 nitrogen and oxygen atoms in total. The highest BCUT2D eigenvalue weighted by Gasteiger charge is 2.23. The van der Waals surface area contributed by atoms with Crippen LogP contribution < -0.4 is 5.32 Å². The number of hydrogen-bond donors (Lipinski definition) is 1. The van der Waals surface area contributed by atoms with Crippen molar-refractivity contribution < 1.29 is 0 Å². The van der Waals surface area contributed by atoms with Gasteiger partial charge in [0.2, 0.25) is 0 Å². The zero-order chi connectivity index (χ0) is 14.5. The molecule has 1 aliphatic carbocycles. The first kappa shape index (κ1) is 15.3. The lowest BCUT2D eigenvalue weighted by atomic mass is 9.90. The van der Waals surface area contributed by atoms with Crippen molar-refractivity contribution in [3.63, 3.8) is 0 Å². The molecular formula is C16H22ClN3. The van der Waals surface area contributed by atoms with E-state index in [1.165, 1.54) is 25.7 Å². The predicted octanol–water partition coefficient (Wildman–Crippen LogP) is 3.17. The molecule has 1 fully saturated rings. The fourth-order valence-electron chi connectivity index (χ4n) is 2.95. The molecule has 4 heteroatoms. The second-order valence-corrected chi connectivity index (χ2v) is 6.03. The van der Waals surface area contributed by atoms with Crippen molar-refractivity contribution >= 4 is 11.6 Å². The van der Waals surface area contributed by atoms with Gasteiger partial charge in [0.15, 0.2) is 0 Å². The number of nitriles is 1. The Hall–Kier alpha value is -1.08. The quantitative estimate of drug-likeness (QED) is 0.926. The van der Waals surface area contributed by atoms with Crippen LogP contribution in [-0.2, 0) is 6.54 Å². The van der Waals surface area contributed by atoms with Gasteiger partial charge in [-0.25, -0.2) is 0 Å². The van der Waals surface area contributed by atoms with Crippen molar-refractivity contribution in [3.05, 3.63) is 34.3 Å². The van der Waals surface area contributed by atoms with Gasteiger partial charge >= 0.3 is 0 Å². The SMILES string of the molecule is CNC1CCC(N(C)Cc2ccc(C#N)cc2Cl)CC1. The standard InChI is InChI=1S/C16H22ClN3/c1-19-14-5-7-15(8-6-14)20(2)11-13-4-3-12(10-18)9-16(13)17/h3-4,9,14-15,19H,5-8,11H2,1-2H3. The summed E-state index contributed by atoms with van der Waals surface area (Å²) in [6.45, 7) is 0.847. The van der Waals surface area contributed by atoms with E-state index in [0.29, 0.717) is 22.7 Å². The van der Waals surface area contributed by atoms with Crippen LogP contribution in [0.4, 0.5) is 0 Å². The lowest BCUT2D eigenvalue weighted by molar-refractivity contribution is 0.170. The third-order valence-electron chi connectivity index (χ3n) is 4.33. The number of halogens is 1. The molecule has 0 spiro atoms. The molecule has 0 aromatic heterocycles. The van der Waals surface area contributed by atoms with Crippen molar-refractivity contribution in [2.24, 2.45) is 0 Å². The maximum absolute atomic E-state index is 8.86.